The fraction of sp³-hybridized carbons (Fsp3) is 0.632. The molecule has 0 radical (unpaired) electrons. The van der Waals surface area contributed by atoms with Crippen LogP contribution in [0, 0.1) is 11.8 Å². The lowest BCUT2D eigenvalue weighted by Crippen LogP contribution is -2.64. The first-order valence-corrected chi connectivity index (χ1v) is 10.2. The number of nitrogens with two attached hydrogens (primary N) is 1. The van der Waals surface area contributed by atoms with Crippen molar-refractivity contribution in [2.45, 2.75) is 49.5 Å². The zero-order valence-electron chi connectivity index (χ0n) is 15.3. The molecule has 1 aromatic carbocycles. The summed E-state index contributed by atoms with van der Waals surface area (Å²) in [6, 6.07) is 4.87. The molecule has 3 heterocycles. The van der Waals surface area contributed by atoms with Gasteiger partial charge in [0.2, 0.25) is 0 Å². The Morgan fingerprint density at radius 3 is 2.86 bits per heavy atom. The van der Waals surface area contributed by atoms with Crippen LogP contribution in [0.2, 0.25) is 5.02 Å². The predicted molar refractivity (Wildman–Crippen MR) is 101 cm³/mol. The predicted octanol–water partition coefficient (Wildman–Crippen LogP) is -0.255. The first-order valence-electron chi connectivity index (χ1n) is 9.80. The van der Waals surface area contributed by atoms with Gasteiger partial charge in [0.05, 0.1) is 30.1 Å². The van der Waals surface area contributed by atoms with Crippen LogP contribution in [0.15, 0.2) is 18.2 Å². The van der Waals surface area contributed by atoms with Crippen molar-refractivity contribution in [3.8, 4) is 0 Å². The number of halogens is 1. The Morgan fingerprint density at radius 1 is 1.21 bits per heavy atom. The van der Waals surface area contributed by atoms with Gasteiger partial charge in [-0.15, -0.1) is 0 Å². The minimum absolute atomic E-state index is 0.0686. The van der Waals surface area contributed by atoms with Crippen LogP contribution >= 0.6 is 11.6 Å². The lowest BCUT2D eigenvalue weighted by molar-refractivity contribution is -0.0426. The van der Waals surface area contributed by atoms with Crippen LogP contribution in [0.1, 0.15) is 34.9 Å². The number of ether oxygens (including phenoxy) is 1. The number of aliphatic hydroxyl groups excluding tert-OH is 2. The van der Waals surface area contributed by atoms with Gasteiger partial charge in [-0.25, -0.2) is 4.79 Å². The molecule has 1 saturated carbocycles. The van der Waals surface area contributed by atoms with Gasteiger partial charge >= 0.3 is 5.97 Å². The van der Waals surface area contributed by atoms with Crippen molar-refractivity contribution >= 4 is 17.6 Å². The number of fused-ring (bicyclic) bond motifs is 2. The molecule has 3 unspecified atom stereocenters. The number of nitrogens with one attached hydrogen (secondary N) is 2. The number of cyclic esters (lactones) is 1. The second kappa shape index (κ2) is 6.91. The highest BCUT2D eigenvalue weighted by Crippen LogP contribution is 2.46. The van der Waals surface area contributed by atoms with Gasteiger partial charge in [-0.3, -0.25) is 15.5 Å². The van der Waals surface area contributed by atoms with Gasteiger partial charge in [-0.2, -0.15) is 0 Å². The van der Waals surface area contributed by atoms with E-state index in [4.69, 9.17) is 22.1 Å². The van der Waals surface area contributed by atoms with E-state index in [0.717, 1.165) is 18.5 Å². The highest BCUT2D eigenvalue weighted by Gasteiger charge is 2.54. The molecule has 3 aliphatic heterocycles. The fourth-order valence-corrected chi connectivity index (χ4v) is 5.65. The van der Waals surface area contributed by atoms with Gasteiger partial charge < -0.3 is 20.7 Å². The van der Waals surface area contributed by atoms with Crippen LogP contribution in [0.25, 0.3) is 0 Å². The largest absolute Gasteiger partial charge is 0.453 e. The lowest BCUT2D eigenvalue weighted by Gasteiger charge is -2.40. The molecule has 9 heteroatoms. The standard InChI is InChI=1S/C19H25ClN4O4/c20-8-1-2-9-11(5-8)19(27)28-16(9)12-6-13(15(26)14(12)25)24-4-3-10-17(21)22-7-23-18(10)24/h1-2,5,10,12-18,22-23,25-26H,3-4,6-7,21H2/t10?,12-,13+,14+,15-,16-,17?,18?/m0/s1. The number of aliphatic hydroxyl groups is 2. The Bertz CT molecular complexity index is 795. The van der Waals surface area contributed by atoms with E-state index in [9.17, 15) is 15.0 Å². The Morgan fingerprint density at radius 2 is 2.04 bits per heavy atom. The highest BCUT2D eigenvalue weighted by atomic mass is 35.5. The first-order chi connectivity index (χ1) is 13.5. The second-order valence-corrected chi connectivity index (χ2v) is 8.69. The summed E-state index contributed by atoms with van der Waals surface area (Å²) in [6.07, 6.45) is -1.01. The van der Waals surface area contributed by atoms with Gasteiger partial charge in [-0.05, 0) is 25.0 Å². The number of benzene rings is 1. The Balaban J connectivity index is 1.39. The smallest absolute Gasteiger partial charge is 0.339 e. The zero-order valence-corrected chi connectivity index (χ0v) is 16.0. The summed E-state index contributed by atoms with van der Waals surface area (Å²) in [5.41, 5.74) is 7.36. The summed E-state index contributed by atoms with van der Waals surface area (Å²) < 4.78 is 5.59. The Hall–Kier alpha value is -1.26. The summed E-state index contributed by atoms with van der Waals surface area (Å²) in [6.45, 7) is 1.41. The molecule has 0 spiro atoms. The number of nitrogens with zero attached hydrogens (tertiary/aromatic N) is 1. The molecule has 4 aliphatic rings. The minimum atomic E-state index is -0.973. The quantitative estimate of drug-likeness (QED) is 0.425. The monoisotopic (exact) mass is 408 g/mol. The van der Waals surface area contributed by atoms with Crippen molar-refractivity contribution in [3.63, 3.8) is 0 Å². The molecule has 5 rings (SSSR count). The molecule has 3 fully saturated rings. The van der Waals surface area contributed by atoms with Gasteiger partial charge in [0.15, 0.2) is 0 Å². The molecule has 2 saturated heterocycles. The fourth-order valence-electron chi connectivity index (χ4n) is 5.48. The lowest BCUT2D eigenvalue weighted by atomic mass is 9.91. The van der Waals surface area contributed by atoms with Crippen molar-refractivity contribution in [1.29, 1.82) is 0 Å². The maximum Gasteiger partial charge on any atom is 0.339 e. The maximum atomic E-state index is 12.3. The van der Waals surface area contributed by atoms with Gasteiger partial charge in [0.25, 0.3) is 0 Å². The van der Waals surface area contributed by atoms with E-state index in [-0.39, 0.29) is 30.2 Å². The van der Waals surface area contributed by atoms with Crippen molar-refractivity contribution in [1.82, 2.24) is 15.5 Å². The van der Waals surface area contributed by atoms with Crippen LogP contribution in [0.3, 0.4) is 0 Å². The Kier molecular flexibility index (Phi) is 4.63. The summed E-state index contributed by atoms with van der Waals surface area (Å²) in [5, 5.41) is 28.8. The zero-order chi connectivity index (χ0) is 19.6. The molecule has 28 heavy (non-hydrogen) atoms. The van der Waals surface area contributed by atoms with E-state index in [1.165, 1.54) is 0 Å². The molecule has 1 aliphatic carbocycles. The van der Waals surface area contributed by atoms with E-state index in [0.29, 0.717) is 23.7 Å². The number of rotatable bonds is 2. The van der Waals surface area contributed by atoms with Gasteiger partial charge in [-0.1, -0.05) is 17.7 Å². The highest BCUT2D eigenvalue weighted by molar-refractivity contribution is 6.31. The van der Waals surface area contributed by atoms with E-state index >= 15 is 0 Å². The molecule has 1 aromatic rings. The number of esters is 1. The molecule has 8 nitrogen and oxygen atoms in total. The molecule has 0 bridgehead atoms. The topological polar surface area (TPSA) is 120 Å². The van der Waals surface area contributed by atoms with E-state index in [2.05, 4.69) is 15.5 Å². The molecular formula is C19H25ClN4O4. The normalized spacial score (nSPS) is 43.1. The summed E-state index contributed by atoms with van der Waals surface area (Å²) in [7, 11) is 0. The SMILES string of the molecule is NC1NCNC2C1CCN2[C@@H]1C[C@H]([C@H]2OC(=O)c3cc(Cl)ccc32)[C@@H](O)[C@H]1O. The van der Waals surface area contributed by atoms with Crippen LogP contribution in [0.5, 0.6) is 0 Å². The molecule has 6 N–H and O–H groups in total. The summed E-state index contributed by atoms with van der Waals surface area (Å²) in [5.74, 6) is -0.551. The number of likely N-dealkylation sites (tertiary alicyclic amines) is 1. The third-order valence-electron chi connectivity index (χ3n) is 6.88. The van der Waals surface area contributed by atoms with E-state index in [1.54, 1.807) is 18.2 Å². The average molecular weight is 409 g/mol. The number of hydrogen-bond acceptors (Lipinski definition) is 8. The van der Waals surface area contributed by atoms with E-state index < -0.39 is 24.3 Å². The minimum Gasteiger partial charge on any atom is -0.453 e. The number of carbonyl (C=O) groups is 1. The van der Waals surface area contributed by atoms with Crippen LogP contribution in [-0.4, -0.2) is 64.9 Å². The maximum absolute atomic E-state index is 12.3. The average Bonchev–Trinajstić information content (AvgIpc) is 3.32. The third kappa shape index (κ3) is 2.79. The van der Waals surface area contributed by atoms with Crippen molar-refractivity contribution in [3.05, 3.63) is 34.3 Å². The summed E-state index contributed by atoms with van der Waals surface area (Å²) in [4.78, 5) is 14.5. The van der Waals surface area contributed by atoms with Gasteiger partial charge in [0, 0.05) is 41.7 Å². The van der Waals surface area contributed by atoms with Gasteiger partial charge in [0.1, 0.15) is 6.10 Å². The first kappa shape index (κ1) is 18.7. The molecular weight excluding hydrogens is 384 g/mol. The van der Waals surface area contributed by atoms with Crippen LogP contribution in [-0.2, 0) is 4.74 Å². The van der Waals surface area contributed by atoms with Crippen LogP contribution < -0.4 is 16.4 Å². The molecule has 0 amide bonds. The van der Waals surface area contributed by atoms with Crippen molar-refractivity contribution in [2.24, 2.45) is 17.6 Å². The second-order valence-electron chi connectivity index (χ2n) is 8.25. The molecule has 0 aromatic heterocycles. The Labute approximate surface area is 168 Å². The number of hydrogen-bond donors (Lipinski definition) is 5. The number of carbonyl (C=O) groups excluding carboxylic acids is 1. The summed E-state index contributed by atoms with van der Waals surface area (Å²) >= 11 is 6.01. The molecule has 152 valence electrons. The third-order valence-corrected chi connectivity index (χ3v) is 7.12. The van der Waals surface area contributed by atoms with Crippen molar-refractivity contribution < 1.29 is 19.7 Å². The molecule has 8 atom stereocenters. The van der Waals surface area contributed by atoms with Crippen LogP contribution in [0.4, 0.5) is 0 Å². The van der Waals surface area contributed by atoms with Crippen molar-refractivity contribution in [2.75, 3.05) is 13.2 Å². The van der Waals surface area contributed by atoms with E-state index in [1.807, 2.05) is 0 Å².